The third-order valence-corrected chi connectivity index (χ3v) is 5.87. The number of benzene rings is 2. The minimum absolute atomic E-state index is 0.545. The van der Waals surface area contributed by atoms with E-state index in [1.54, 1.807) is 0 Å². The van der Waals surface area contributed by atoms with E-state index >= 15 is 0 Å². The van der Waals surface area contributed by atoms with E-state index < -0.39 is 0 Å². The lowest BCUT2D eigenvalue weighted by atomic mass is 10.1. The number of hydrogen-bond donors (Lipinski definition) is 0. The molecule has 3 aromatic rings. The topological polar surface area (TPSA) is 44.7 Å². The van der Waals surface area contributed by atoms with Crippen LogP contribution in [0.2, 0.25) is 5.02 Å². The summed E-state index contributed by atoms with van der Waals surface area (Å²) in [4.78, 5) is 6.77. The SMILES string of the molecule is Cc1ccc(Cl)cc1N1CCN(c2cc3c(nn2)Oc2ccccc2N3C)CC1. The number of para-hydroxylation sites is 2. The molecule has 0 aliphatic carbocycles. The van der Waals surface area contributed by atoms with Gasteiger partial charge in [0.25, 0.3) is 5.88 Å². The molecule has 148 valence electrons. The van der Waals surface area contributed by atoms with E-state index in [1.165, 1.54) is 11.3 Å². The van der Waals surface area contributed by atoms with E-state index in [0.29, 0.717) is 5.88 Å². The first-order valence-electron chi connectivity index (χ1n) is 9.74. The first-order valence-corrected chi connectivity index (χ1v) is 10.1. The molecule has 5 rings (SSSR count). The fraction of sp³-hybridized carbons (Fsp3) is 0.273. The van der Waals surface area contributed by atoms with Crippen molar-refractivity contribution in [3.8, 4) is 11.6 Å². The highest BCUT2D eigenvalue weighted by Gasteiger charge is 2.26. The van der Waals surface area contributed by atoms with Crippen molar-refractivity contribution in [3.05, 3.63) is 59.1 Å². The smallest absolute Gasteiger partial charge is 0.263 e. The summed E-state index contributed by atoms with van der Waals surface area (Å²) in [6.07, 6.45) is 0. The third kappa shape index (κ3) is 3.23. The van der Waals surface area contributed by atoms with E-state index in [2.05, 4.69) is 50.0 Å². The van der Waals surface area contributed by atoms with Gasteiger partial charge in [-0.1, -0.05) is 29.8 Å². The van der Waals surface area contributed by atoms with E-state index in [0.717, 1.165) is 54.1 Å². The predicted molar refractivity (Wildman–Crippen MR) is 117 cm³/mol. The fourth-order valence-electron chi connectivity index (χ4n) is 3.98. The first kappa shape index (κ1) is 18.1. The Morgan fingerprint density at radius 1 is 0.862 bits per heavy atom. The van der Waals surface area contributed by atoms with Crippen molar-refractivity contribution >= 4 is 34.5 Å². The standard InChI is InChI=1S/C22H22ClN5O/c1-15-7-8-16(23)13-18(15)27-9-11-28(12-10-27)21-14-19-22(25-24-21)29-20-6-4-3-5-17(20)26(19)2/h3-8,13-14H,9-12H2,1-2H3. The molecule has 2 aromatic carbocycles. The normalized spacial score (nSPS) is 15.6. The van der Waals surface area contributed by atoms with Crippen molar-refractivity contribution in [2.75, 3.05) is 47.9 Å². The van der Waals surface area contributed by atoms with Crippen LogP contribution in [0.15, 0.2) is 48.5 Å². The average Bonchev–Trinajstić information content (AvgIpc) is 2.76. The number of hydrogen-bond acceptors (Lipinski definition) is 6. The number of rotatable bonds is 2. The largest absolute Gasteiger partial charge is 0.434 e. The Morgan fingerprint density at radius 3 is 2.45 bits per heavy atom. The minimum atomic E-state index is 0.545. The summed E-state index contributed by atoms with van der Waals surface area (Å²) >= 11 is 6.21. The Morgan fingerprint density at radius 2 is 1.62 bits per heavy atom. The number of aryl methyl sites for hydroxylation is 1. The lowest BCUT2D eigenvalue weighted by Gasteiger charge is -2.37. The van der Waals surface area contributed by atoms with Gasteiger partial charge in [0.1, 0.15) is 5.69 Å². The van der Waals surface area contributed by atoms with Gasteiger partial charge in [0, 0.05) is 50.0 Å². The Labute approximate surface area is 175 Å². The van der Waals surface area contributed by atoms with Gasteiger partial charge in [0.2, 0.25) is 0 Å². The van der Waals surface area contributed by atoms with Crippen LogP contribution in [0, 0.1) is 6.92 Å². The zero-order valence-electron chi connectivity index (χ0n) is 16.5. The van der Waals surface area contributed by atoms with Gasteiger partial charge in [-0.3, -0.25) is 0 Å². The van der Waals surface area contributed by atoms with E-state index in [1.807, 2.05) is 37.4 Å². The van der Waals surface area contributed by atoms with Crippen molar-refractivity contribution in [1.82, 2.24) is 10.2 Å². The summed E-state index contributed by atoms with van der Waals surface area (Å²) in [6, 6.07) is 16.1. The molecular formula is C22H22ClN5O. The maximum atomic E-state index is 6.21. The maximum absolute atomic E-state index is 6.21. The van der Waals surface area contributed by atoms with Crippen molar-refractivity contribution in [3.63, 3.8) is 0 Å². The number of ether oxygens (including phenoxy) is 1. The van der Waals surface area contributed by atoms with Gasteiger partial charge in [-0.25, -0.2) is 0 Å². The van der Waals surface area contributed by atoms with Crippen molar-refractivity contribution in [2.24, 2.45) is 0 Å². The van der Waals surface area contributed by atoms with Gasteiger partial charge in [0.15, 0.2) is 11.6 Å². The van der Waals surface area contributed by atoms with Crippen LogP contribution in [0.5, 0.6) is 11.6 Å². The van der Waals surface area contributed by atoms with E-state index in [-0.39, 0.29) is 0 Å². The van der Waals surface area contributed by atoms with Gasteiger partial charge in [0.05, 0.1) is 5.69 Å². The molecule has 0 saturated carbocycles. The molecule has 0 radical (unpaired) electrons. The zero-order chi connectivity index (χ0) is 20.0. The molecule has 1 aromatic heterocycles. The summed E-state index contributed by atoms with van der Waals surface area (Å²) in [5.74, 6) is 2.22. The summed E-state index contributed by atoms with van der Waals surface area (Å²) in [6.45, 7) is 5.70. The number of piperazine rings is 1. The molecule has 29 heavy (non-hydrogen) atoms. The maximum Gasteiger partial charge on any atom is 0.263 e. The average molecular weight is 408 g/mol. The lowest BCUT2D eigenvalue weighted by Crippen LogP contribution is -2.47. The first-order chi connectivity index (χ1) is 14.1. The zero-order valence-corrected chi connectivity index (χ0v) is 17.2. The Balaban J connectivity index is 1.35. The molecule has 0 unspecified atom stereocenters. The van der Waals surface area contributed by atoms with E-state index in [9.17, 15) is 0 Å². The molecule has 2 aliphatic heterocycles. The van der Waals surface area contributed by atoms with Crippen LogP contribution in [0.4, 0.5) is 22.9 Å². The highest BCUT2D eigenvalue weighted by molar-refractivity contribution is 6.30. The second kappa shape index (κ2) is 7.12. The molecule has 0 bridgehead atoms. The van der Waals surface area contributed by atoms with Crippen molar-refractivity contribution in [1.29, 1.82) is 0 Å². The Kier molecular flexibility index (Phi) is 4.43. The van der Waals surface area contributed by atoms with Gasteiger partial charge in [-0.05, 0) is 36.8 Å². The summed E-state index contributed by atoms with van der Waals surface area (Å²) < 4.78 is 5.93. The molecule has 6 nitrogen and oxygen atoms in total. The molecule has 2 aliphatic rings. The van der Waals surface area contributed by atoms with Gasteiger partial charge in [-0.2, -0.15) is 0 Å². The van der Waals surface area contributed by atoms with Gasteiger partial charge >= 0.3 is 0 Å². The Bertz CT molecular complexity index is 1060. The Hall–Kier alpha value is -2.99. The molecule has 3 heterocycles. The fourth-order valence-corrected chi connectivity index (χ4v) is 4.15. The molecule has 1 fully saturated rings. The molecule has 0 atom stereocenters. The second-order valence-electron chi connectivity index (χ2n) is 7.43. The van der Waals surface area contributed by atoms with Gasteiger partial charge < -0.3 is 19.4 Å². The van der Waals surface area contributed by atoms with Crippen LogP contribution >= 0.6 is 11.6 Å². The number of anilines is 4. The molecule has 0 amide bonds. The minimum Gasteiger partial charge on any atom is -0.434 e. The molecular weight excluding hydrogens is 386 g/mol. The van der Waals surface area contributed by atoms with E-state index in [4.69, 9.17) is 16.3 Å². The molecule has 7 heteroatoms. The monoisotopic (exact) mass is 407 g/mol. The van der Waals surface area contributed by atoms with Crippen molar-refractivity contribution < 1.29 is 4.74 Å². The summed E-state index contributed by atoms with van der Waals surface area (Å²) in [5.41, 5.74) is 4.41. The lowest BCUT2D eigenvalue weighted by molar-refractivity contribution is 0.448. The van der Waals surface area contributed by atoms with Crippen LogP contribution in [0.25, 0.3) is 0 Å². The third-order valence-electron chi connectivity index (χ3n) is 5.64. The second-order valence-corrected chi connectivity index (χ2v) is 7.86. The highest BCUT2D eigenvalue weighted by Crippen LogP contribution is 2.44. The number of nitrogens with zero attached hydrogens (tertiary/aromatic N) is 5. The highest BCUT2D eigenvalue weighted by atomic mass is 35.5. The number of halogens is 1. The van der Waals surface area contributed by atoms with Crippen LogP contribution in [-0.2, 0) is 0 Å². The van der Waals surface area contributed by atoms with Crippen LogP contribution in [-0.4, -0.2) is 43.4 Å². The van der Waals surface area contributed by atoms with Crippen molar-refractivity contribution in [2.45, 2.75) is 6.92 Å². The summed E-state index contributed by atoms with van der Waals surface area (Å²) in [7, 11) is 2.03. The predicted octanol–water partition coefficient (Wildman–Crippen LogP) is 4.64. The molecule has 1 saturated heterocycles. The quantitative estimate of drug-likeness (QED) is 0.616. The summed E-state index contributed by atoms with van der Waals surface area (Å²) in [5, 5.41) is 9.57. The number of aromatic nitrogens is 2. The van der Waals surface area contributed by atoms with Gasteiger partial charge in [-0.15, -0.1) is 10.2 Å². The number of fused-ring (bicyclic) bond motifs is 2. The van der Waals surface area contributed by atoms with Crippen LogP contribution in [0.3, 0.4) is 0 Å². The van der Waals surface area contributed by atoms with Crippen LogP contribution < -0.4 is 19.4 Å². The molecule has 0 N–H and O–H groups in total. The van der Waals surface area contributed by atoms with Crippen LogP contribution in [0.1, 0.15) is 5.56 Å². The molecule has 0 spiro atoms.